The van der Waals surface area contributed by atoms with E-state index in [9.17, 15) is 0 Å². The van der Waals surface area contributed by atoms with E-state index in [-0.39, 0.29) is 21.1 Å². The summed E-state index contributed by atoms with van der Waals surface area (Å²) in [4.78, 5) is 24.0. The summed E-state index contributed by atoms with van der Waals surface area (Å²) in [5, 5.41) is 24.9. The molecule has 0 atom stereocenters. The molecule has 7 heteroatoms. The molecule has 3 aromatic rings. The Balaban J connectivity index is -0.000000155. The Bertz CT molecular complexity index is 766. The van der Waals surface area contributed by atoms with Crippen LogP contribution >= 0.6 is 0 Å². The molecule has 0 unspecified atom stereocenters. The van der Waals surface area contributed by atoms with Gasteiger partial charge in [-0.05, 0) is 36.4 Å². The zero-order valence-corrected chi connectivity index (χ0v) is 19.7. The van der Waals surface area contributed by atoms with Crippen LogP contribution in [0.3, 0.4) is 0 Å². The van der Waals surface area contributed by atoms with Crippen molar-refractivity contribution in [3.8, 4) is 18.2 Å². The normalized spacial score (nSPS) is 6.48. The van der Waals surface area contributed by atoms with E-state index >= 15 is 0 Å². The minimum absolute atomic E-state index is 0. The van der Waals surface area contributed by atoms with Crippen LogP contribution in [0.1, 0.15) is 16.7 Å². The van der Waals surface area contributed by atoms with Crippen LogP contribution in [0.25, 0.3) is 0 Å². The van der Waals surface area contributed by atoms with E-state index in [4.69, 9.17) is 30.2 Å². The van der Waals surface area contributed by atoms with Gasteiger partial charge in [-0.15, -0.1) is 0 Å². The number of hydrogen-bond acceptors (Lipinski definition) is 6. The SMILES string of the molecule is C=O.C=O.C=O.N#Cc1ccccc1.N#Cc1ccccc1.N#Cc1ccccc1.[W]. The fourth-order valence-corrected chi connectivity index (χ4v) is 1.54. The van der Waals surface area contributed by atoms with Crippen LogP contribution < -0.4 is 0 Å². The minimum atomic E-state index is 0. The molecule has 3 aromatic carbocycles. The van der Waals surface area contributed by atoms with Gasteiger partial charge in [0.05, 0.1) is 34.9 Å². The molecule has 0 heterocycles. The van der Waals surface area contributed by atoms with E-state index in [1.165, 1.54) is 0 Å². The maximum absolute atomic E-state index is 8.29. The first-order valence-electron chi connectivity index (χ1n) is 8.02. The van der Waals surface area contributed by atoms with Gasteiger partial charge in [-0.2, -0.15) is 15.8 Å². The maximum Gasteiger partial charge on any atom is 0.106 e. The van der Waals surface area contributed by atoms with Gasteiger partial charge in [0.2, 0.25) is 0 Å². The van der Waals surface area contributed by atoms with Crippen LogP contribution in [0.15, 0.2) is 91.0 Å². The van der Waals surface area contributed by atoms with Gasteiger partial charge in [0.1, 0.15) is 20.4 Å². The number of carbonyl (C=O) groups excluding carboxylic acids is 3. The Morgan fingerprint density at radius 3 is 0.677 bits per heavy atom. The van der Waals surface area contributed by atoms with Gasteiger partial charge in [-0.1, -0.05) is 54.6 Å². The second-order valence-electron chi connectivity index (χ2n) is 4.43. The van der Waals surface area contributed by atoms with Crippen molar-refractivity contribution >= 4 is 20.4 Å². The third-order valence-electron chi connectivity index (χ3n) is 2.71. The van der Waals surface area contributed by atoms with Crippen LogP contribution in [-0.2, 0) is 35.4 Å². The topological polar surface area (TPSA) is 123 Å². The molecule has 0 radical (unpaired) electrons. The van der Waals surface area contributed by atoms with Gasteiger partial charge in [-0.25, -0.2) is 0 Å². The fraction of sp³-hybridized carbons (Fsp3) is 0. The van der Waals surface area contributed by atoms with Crippen LogP contribution in [0.2, 0.25) is 0 Å². The molecular formula is C24H21N3O3W. The summed E-state index contributed by atoms with van der Waals surface area (Å²) >= 11 is 0. The Labute approximate surface area is 197 Å². The molecule has 0 saturated heterocycles. The molecule has 0 aliphatic carbocycles. The summed E-state index contributed by atoms with van der Waals surface area (Å²) in [6, 6.07) is 33.5. The van der Waals surface area contributed by atoms with E-state index in [0.29, 0.717) is 16.7 Å². The summed E-state index contributed by atoms with van der Waals surface area (Å²) in [6.07, 6.45) is 0. The van der Waals surface area contributed by atoms with E-state index in [2.05, 4.69) is 0 Å². The van der Waals surface area contributed by atoms with Crippen molar-refractivity contribution in [2.45, 2.75) is 0 Å². The fourth-order valence-electron chi connectivity index (χ4n) is 1.54. The molecule has 31 heavy (non-hydrogen) atoms. The Hall–Kier alpha value is -4.17. The molecule has 0 saturated carbocycles. The third kappa shape index (κ3) is 22.0. The number of nitrogens with zero attached hydrogens (tertiary/aromatic N) is 3. The molecule has 156 valence electrons. The van der Waals surface area contributed by atoms with E-state index in [1.807, 2.05) is 93.2 Å². The van der Waals surface area contributed by atoms with Crippen molar-refractivity contribution in [3.63, 3.8) is 0 Å². The largest absolute Gasteiger partial charge is 0.307 e. The predicted molar refractivity (Wildman–Crippen MR) is 115 cm³/mol. The van der Waals surface area contributed by atoms with Gasteiger partial charge in [-0.3, -0.25) is 0 Å². The first-order valence-corrected chi connectivity index (χ1v) is 8.02. The summed E-state index contributed by atoms with van der Waals surface area (Å²) in [5.41, 5.74) is 2.15. The molecule has 0 N–H and O–H groups in total. The molecule has 6 nitrogen and oxygen atoms in total. The monoisotopic (exact) mass is 583 g/mol. The smallest absolute Gasteiger partial charge is 0.106 e. The van der Waals surface area contributed by atoms with Crippen LogP contribution in [-0.4, -0.2) is 20.4 Å². The van der Waals surface area contributed by atoms with E-state index in [1.54, 1.807) is 36.4 Å². The van der Waals surface area contributed by atoms with Crippen molar-refractivity contribution in [1.29, 1.82) is 15.8 Å². The van der Waals surface area contributed by atoms with Crippen LogP contribution in [0.4, 0.5) is 0 Å². The number of hydrogen-bond donors (Lipinski definition) is 0. The van der Waals surface area contributed by atoms with Gasteiger partial charge in [0.15, 0.2) is 0 Å². The molecule has 0 fully saturated rings. The third-order valence-corrected chi connectivity index (χ3v) is 2.71. The molecule has 3 rings (SSSR count). The van der Waals surface area contributed by atoms with Gasteiger partial charge < -0.3 is 14.4 Å². The quantitative estimate of drug-likeness (QED) is 0.393. The Morgan fingerprint density at radius 2 is 0.581 bits per heavy atom. The van der Waals surface area contributed by atoms with Crippen molar-refractivity contribution in [1.82, 2.24) is 0 Å². The number of carbonyl (C=O) groups is 3. The zero-order valence-electron chi connectivity index (χ0n) is 16.8. The molecule has 0 aliphatic heterocycles. The van der Waals surface area contributed by atoms with E-state index in [0.717, 1.165) is 0 Å². The summed E-state index contributed by atoms with van der Waals surface area (Å²) in [6.45, 7) is 6.00. The number of rotatable bonds is 0. The Kier molecular flexibility index (Phi) is 33.8. The first kappa shape index (κ1) is 34.3. The zero-order chi connectivity index (χ0) is 23.5. The molecular weight excluding hydrogens is 562 g/mol. The van der Waals surface area contributed by atoms with Crippen LogP contribution in [0, 0.1) is 34.0 Å². The van der Waals surface area contributed by atoms with Gasteiger partial charge in [0.25, 0.3) is 0 Å². The average Bonchev–Trinajstić information content (AvgIpc) is 2.90. The molecule has 0 aromatic heterocycles. The summed E-state index contributed by atoms with van der Waals surface area (Å²) in [7, 11) is 0. The second kappa shape index (κ2) is 30.6. The van der Waals surface area contributed by atoms with Crippen molar-refractivity contribution in [3.05, 3.63) is 108 Å². The van der Waals surface area contributed by atoms with Crippen molar-refractivity contribution in [2.24, 2.45) is 0 Å². The van der Waals surface area contributed by atoms with Crippen molar-refractivity contribution < 1.29 is 35.4 Å². The standard InChI is InChI=1S/3C7H5N.3CH2O.W/c3*8-6-7-4-2-1-3-5-7;3*1-2;/h3*1-5H;3*1H2;. The first-order chi connectivity index (χ1) is 14.8. The predicted octanol–water partition coefficient (Wildman–Crippen LogP) is 4.12. The van der Waals surface area contributed by atoms with E-state index < -0.39 is 0 Å². The molecule has 0 bridgehead atoms. The summed E-state index contributed by atoms with van der Waals surface area (Å²) < 4.78 is 0. The summed E-state index contributed by atoms with van der Waals surface area (Å²) in [5.74, 6) is 0. The molecule has 0 amide bonds. The maximum atomic E-state index is 8.29. The van der Waals surface area contributed by atoms with Crippen LogP contribution in [0.5, 0.6) is 0 Å². The minimum Gasteiger partial charge on any atom is -0.307 e. The second-order valence-corrected chi connectivity index (χ2v) is 4.43. The number of benzene rings is 3. The Morgan fingerprint density at radius 1 is 0.419 bits per heavy atom. The number of nitriles is 3. The average molecular weight is 583 g/mol. The molecule has 0 aliphatic rings. The van der Waals surface area contributed by atoms with Gasteiger partial charge >= 0.3 is 0 Å². The molecule has 0 spiro atoms. The van der Waals surface area contributed by atoms with Crippen molar-refractivity contribution in [2.75, 3.05) is 0 Å². The van der Waals surface area contributed by atoms with Gasteiger partial charge in [0, 0.05) is 21.1 Å².